The Hall–Kier alpha value is -2.69. The molecule has 0 unspecified atom stereocenters. The maximum absolute atomic E-state index is 5.87. The molecule has 0 aromatic heterocycles. The zero-order valence-electron chi connectivity index (χ0n) is 14.7. The first-order valence-corrected chi connectivity index (χ1v) is 7.85. The highest BCUT2D eigenvalue weighted by atomic mass is 16.5. The molecule has 0 atom stereocenters. The first kappa shape index (κ1) is 17.7. The van der Waals surface area contributed by atoms with E-state index in [9.17, 15) is 0 Å². The van der Waals surface area contributed by atoms with Crippen molar-refractivity contribution < 1.29 is 9.47 Å². The zero-order valence-corrected chi connectivity index (χ0v) is 14.7. The molecule has 0 saturated heterocycles. The Labute approximate surface area is 143 Å². The fraction of sp³-hybridized carbons (Fsp3) is 0.316. The van der Waals surface area contributed by atoms with Gasteiger partial charge >= 0.3 is 0 Å². The van der Waals surface area contributed by atoms with Crippen molar-refractivity contribution in [2.24, 2.45) is 10.7 Å². The van der Waals surface area contributed by atoms with Crippen LogP contribution in [0, 0.1) is 0 Å². The number of guanidine groups is 1. The second-order valence-corrected chi connectivity index (χ2v) is 6.47. The number of nitrogens with zero attached hydrogens (tertiary/aromatic N) is 1. The van der Waals surface area contributed by atoms with Crippen molar-refractivity contribution >= 4 is 5.96 Å². The smallest absolute Gasteiger partial charge is 0.189 e. The van der Waals surface area contributed by atoms with Crippen LogP contribution in [-0.2, 0) is 6.54 Å². The maximum Gasteiger partial charge on any atom is 0.189 e. The van der Waals surface area contributed by atoms with E-state index in [0.29, 0.717) is 24.0 Å². The molecule has 24 heavy (non-hydrogen) atoms. The number of methoxy groups -OCH3 is 1. The van der Waals surface area contributed by atoms with Gasteiger partial charge in [-0.15, -0.1) is 0 Å². The van der Waals surface area contributed by atoms with E-state index in [1.807, 2.05) is 69.3 Å². The fourth-order valence-corrected chi connectivity index (χ4v) is 2.09. The minimum atomic E-state index is -0.0972. The number of rotatable bonds is 5. The molecule has 0 aliphatic rings. The Bertz CT molecular complexity index is 689. The van der Waals surface area contributed by atoms with Crippen molar-refractivity contribution in [3.05, 3.63) is 54.1 Å². The first-order valence-electron chi connectivity index (χ1n) is 7.85. The number of hydrogen-bond acceptors (Lipinski definition) is 3. The fourth-order valence-electron chi connectivity index (χ4n) is 2.09. The normalized spacial score (nSPS) is 11.9. The van der Waals surface area contributed by atoms with Gasteiger partial charge in [-0.1, -0.05) is 24.3 Å². The second kappa shape index (κ2) is 7.73. The van der Waals surface area contributed by atoms with Gasteiger partial charge in [-0.2, -0.15) is 0 Å². The number of nitrogens with two attached hydrogens (primary N) is 1. The van der Waals surface area contributed by atoms with Crippen LogP contribution in [0.15, 0.2) is 53.5 Å². The van der Waals surface area contributed by atoms with Crippen molar-refractivity contribution in [2.45, 2.75) is 32.9 Å². The van der Waals surface area contributed by atoms with E-state index in [1.54, 1.807) is 7.11 Å². The third-order valence-electron chi connectivity index (χ3n) is 3.16. The average Bonchev–Trinajstić information content (AvgIpc) is 2.53. The lowest BCUT2D eigenvalue weighted by molar-refractivity contribution is 0.379. The SMILES string of the molecule is COc1ccccc1Oc1ccc(CN=C(N)NC(C)(C)C)cc1. The van der Waals surface area contributed by atoms with Gasteiger partial charge in [-0.3, -0.25) is 0 Å². The highest BCUT2D eigenvalue weighted by molar-refractivity contribution is 5.78. The van der Waals surface area contributed by atoms with Crippen LogP contribution in [0.3, 0.4) is 0 Å². The minimum Gasteiger partial charge on any atom is -0.493 e. The van der Waals surface area contributed by atoms with Gasteiger partial charge in [0.15, 0.2) is 17.5 Å². The third-order valence-corrected chi connectivity index (χ3v) is 3.16. The molecule has 0 aliphatic carbocycles. The van der Waals surface area contributed by atoms with Crippen molar-refractivity contribution in [2.75, 3.05) is 7.11 Å². The monoisotopic (exact) mass is 327 g/mol. The van der Waals surface area contributed by atoms with Crippen LogP contribution < -0.4 is 20.5 Å². The number of aliphatic imine (C=N–C) groups is 1. The van der Waals surface area contributed by atoms with Crippen LogP contribution in [0.4, 0.5) is 0 Å². The number of nitrogens with one attached hydrogen (secondary N) is 1. The molecule has 2 aromatic carbocycles. The molecule has 3 N–H and O–H groups in total. The number of hydrogen-bond donors (Lipinski definition) is 2. The average molecular weight is 327 g/mol. The molecule has 2 rings (SSSR count). The summed E-state index contributed by atoms with van der Waals surface area (Å²) in [6.45, 7) is 6.64. The Balaban J connectivity index is 1.99. The van der Waals surface area contributed by atoms with Crippen molar-refractivity contribution in [1.82, 2.24) is 5.32 Å². The molecule has 0 fully saturated rings. The molecular formula is C19H25N3O2. The van der Waals surface area contributed by atoms with E-state index in [1.165, 1.54) is 0 Å². The Morgan fingerprint density at radius 2 is 1.67 bits per heavy atom. The van der Waals surface area contributed by atoms with E-state index < -0.39 is 0 Å². The molecule has 0 heterocycles. The van der Waals surface area contributed by atoms with Crippen molar-refractivity contribution in [3.63, 3.8) is 0 Å². The molecule has 128 valence electrons. The van der Waals surface area contributed by atoms with Gasteiger partial charge in [0.05, 0.1) is 13.7 Å². The molecule has 2 aromatic rings. The molecule has 0 radical (unpaired) electrons. The summed E-state index contributed by atoms with van der Waals surface area (Å²) >= 11 is 0. The Morgan fingerprint density at radius 1 is 1.04 bits per heavy atom. The summed E-state index contributed by atoms with van der Waals surface area (Å²) in [6, 6.07) is 15.3. The van der Waals surface area contributed by atoms with Crippen LogP contribution in [0.1, 0.15) is 26.3 Å². The summed E-state index contributed by atoms with van der Waals surface area (Å²) in [7, 11) is 1.62. The standard InChI is InChI=1S/C19H25N3O2/c1-19(2,3)22-18(20)21-13-14-9-11-15(12-10-14)24-17-8-6-5-7-16(17)23-4/h5-12H,13H2,1-4H3,(H3,20,21,22). The zero-order chi connectivity index (χ0) is 17.6. The number of benzene rings is 2. The van der Waals surface area contributed by atoms with Gasteiger partial charge in [0.25, 0.3) is 0 Å². The van der Waals surface area contributed by atoms with Crippen LogP contribution in [-0.4, -0.2) is 18.6 Å². The van der Waals surface area contributed by atoms with Gasteiger partial charge in [0.2, 0.25) is 0 Å². The van der Waals surface area contributed by atoms with E-state index in [0.717, 1.165) is 11.3 Å². The lowest BCUT2D eigenvalue weighted by Crippen LogP contribution is -2.44. The summed E-state index contributed by atoms with van der Waals surface area (Å²) in [5.74, 6) is 2.57. The largest absolute Gasteiger partial charge is 0.493 e. The van der Waals surface area contributed by atoms with Gasteiger partial charge in [0, 0.05) is 5.54 Å². The van der Waals surface area contributed by atoms with E-state index in [4.69, 9.17) is 15.2 Å². The lowest BCUT2D eigenvalue weighted by Gasteiger charge is -2.20. The van der Waals surface area contributed by atoms with Crippen LogP contribution in [0.5, 0.6) is 17.2 Å². The molecule has 0 spiro atoms. The Morgan fingerprint density at radius 3 is 2.25 bits per heavy atom. The first-order chi connectivity index (χ1) is 11.4. The second-order valence-electron chi connectivity index (χ2n) is 6.47. The summed E-state index contributed by atoms with van der Waals surface area (Å²) in [5, 5.41) is 3.14. The predicted octanol–water partition coefficient (Wildman–Crippen LogP) is 3.69. The highest BCUT2D eigenvalue weighted by Crippen LogP contribution is 2.30. The maximum atomic E-state index is 5.87. The highest BCUT2D eigenvalue weighted by Gasteiger charge is 2.09. The summed E-state index contributed by atoms with van der Waals surface area (Å²) < 4.78 is 11.1. The van der Waals surface area contributed by atoms with Crippen molar-refractivity contribution in [1.29, 1.82) is 0 Å². The molecule has 5 nitrogen and oxygen atoms in total. The molecule has 0 amide bonds. The quantitative estimate of drug-likeness (QED) is 0.649. The number of para-hydroxylation sites is 2. The Kier molecular flexibility index (Phi) is 5.68. The summed E-state index contributed by atoms with van der Waals surface area (Å²) in [5.41, 5.74) is 6.83. The lowest BCUT2D eigenvalue weighted by atomic mass is 10.1. The molecule has 0 saturated carbocycles. The minimum absolute atomic E-state index is 0.0972. The molecule has 5 heteroatoms. The number of ether oxygens (including phenoxy) is 2. The topological polar surface area (TPSA) is 68.9 Å². The van der Waals surface area contributed by atoms with Crippen molar-refractivity contribution in [3.8, 4) is 17.2 Å². The van der Waals surface area contributed by atoms with Gasteiger partial charge in [-0.25, -0.2) is 4.99 Å². The molecule has 0 bridgehead atoms. The van der Waals surface area contributed by atoms with Crippen LogP contribution >= 0.6 is 0 Å². The van der Waals surface area contributed by atoms with Gasteiger partial charge < -0.3 is 20.5 Å². The van der Waals surface area contributed by atoms with E-state index >= 15 is 0 Å². The summed E-state index contributed by atoms with van der Waals surface area (Å²) in [6.07, 6.45) is 0. The van der Waals surface area contributed by atoms with Gasteiger partial charge in [0.1, 0.15) is 5.75 Å². The summed E-state index contributed by atoms with van der Waals surface area (Å²) in [4.78, 5) is 4.34. The van der Waals surface area contributed by atoms with E-state index in [2.05, 4.69) is 10.3 Å². The molecular weight excluding hydrogens is 302 g/mol. The molecule has 0 aliphatic heterocycles. The van der Waals surface area contributed by atoms with E-state index in [-0.39, 0.29) is 5.54 Å². The van der Waals surface area contributed by atoms with Crippen LogP contribution in [0.2, 0.25) is 0 Å². The third kappa shape index (κ3) is 5.50. The van der Waals surface area contributed by atoms with Crippen LogP contribution in [0.25, 0.3) is 0 Å². The van der Waals surface area contributed by atoms with Gasteiger partial charge in [-0.05, 0) is 50.6 Å². The predicted molar refractivity (Wildman–Crippen MR) is 97.7 cm³/mol.